The number of carbonyl (C=O) groups excluding carboxylic acids is 1. The Morgan fingerprint density at radius 2 is 1.89 bits per heavy atom. The van der Waals surface area contributed by atoms with Gasteiger partial charge in [0, 0.05) is 12.3 Å². The van der Waals surface area contributed by atoms with Gasteiger partial charge in [-0.25, -0.2) is 4.42 Å². The molecule has 0 saturated heterocycles. The van der Waals surface area contributed by atoms with Crippen LogP contribution in [0.1, 0.15) is 41.9 Å². The Kier molecular flexibility index (Phi) is 2.76. The van der Waals surface area contributed by atoms with Gasteiger partial charge in [-0.1, -0.05) is 13.8 Å². The van der Waals surface area contributed by atoms with Crippen molar-refractivity contribution in [2.24, 2.45) is 5.41 Å². The van der Waals surface area contributed by atoms with Crippen LogP contribution in [0.3, 0.4) is 0 Å². The fourth-order valence-corrected chi connectivity index (χ4v) is 2.59. The first-order valence-corrected chi connectivity index (χ1v) is 6.25. The molecule has 0 unspecified atom stereocenters. The molecule has 2 heteroatoms. The summed E-state index contributed by atoms with van der Waals surface area (Å²) in [7, 11) is 0. The highest BCUT2D eigenvalue weighted by Gasteiger charge is 2.38. The summed E-state index contributed by atoms with van der Waals surface area (Å²) in [5.74, 6) is 2.11. The van der Waals surface area contributed by atoms with E-state index >= 15 is 0 Å². The maximum absolute atomic E-state index is 12.2. The van der Waals surface area contributed by atoms with Gasteiger partial charge in [-0.3, -0.25) is 4.79 Å². The second-order valence-electron chi connectivity index (χ2n) is 5.79. The molecule has 0 atom stereocenters. The molecule has 1 fully saturated rings. The fraction of sp³-hybridized carbons (Fsp3) is 0.312. The topological polar surface area (TPSA) is 28.4 Å². The zero-order chi connectivity index (χ0) is 12.8. The van der Waals surface area contributed by atoms with Gasteiger partial charge in [-0.2, -0.15) is 0 Å². The number of Topliss-reactive ketones (excluding diaryl/α,β-unsaturated/α-hetero) is 1. The van der Waals surface area contributed by atoms with E-state index in [9.17, 15) is 4.79 Å². The van der Waals surface area contributed by atoms with Crippen molar-refractivity contribution in [2.75, 3.05) is 0 Å². The van der Waals surface area contributed by atoms with Gasteiger partial charge >= 0.3 is 12.0 Å². The van der Waals surface area contributed by atoms with E-state index in [1.165, 1.54) is 0 Å². The standard InChI is InChI=1S/C16H16O2/c1-16(2)8-14(17)13-7-12(10-18-15(13)9-16)11-5-3-4-6-11/h3-7,10H,8-9H2,1-2H3/q+1. The smallest absolute Gasteiger partial charge is 0.294 e. The largest absolute Gasteiger partial charge is 0.340 e. The zero-order valence-electron chi connectivity index (χ0n) is 10.7. The fourth-order valence-electron chi connectivity index (χ4n) is 2.59. The van der Waals surface area contributed by atoms with E-state index in [1.807, 2.05) is 31.7 Å². The van der Waals surface area contributed by atoms with Gasteiger partial charge < -0.3 is 0 Å². The third-order valence-electron chi connectivity index (χ3n) is 3.50. The van der Waals surface area contributed by atoms with Gasteiger partial charge in [-0.05, 0) is 37.2 Å². The van der Waals surface area contributed by atoms with Crippen LogP contribution in [0.4, 0.5) is 0 Å². The predicted molar refractivity (Wildman–Crippen MR) is 69.1 cm³/mol. The van der Waals surface area contributed by atoms with Gasteiger partial charge in [0.1, 0.15) is 5.56 Å². The van der Waals surface area contributed by atoms with Crippen molar-refractivity contribution in [1.29, 1.82) is 0 Å². The molecule has 3 rings (SSSR count). The summed E-state index contributed by atoms with van der Waals surface area (Å²) in [6.07, 6.45) is 11.2. The lowest BCUT2D eigenvalue weighted by Gasteiger charge is -2.25. The molecule has 0 N–H and O–H groups in total. The van der Waals surface area contributed by atoms with Crippen molar-refractivity contribution >= 4 is 5.78 Å². The molecule has 18 heavy (non-hydrogen) atoms. The van der Waals surface area contributed by atoms with E-state index in [1.54, 1.807) is 6.26 Å². The summed E-state index contributed by atoms with van der Waals surface area (Å²) in [5, 5.41) is 0. The third-order valence-corrected chi connectivity index (χ3v) is 3.50. The lowest BCUT2D eigenvalue weighted by molar-refractivity contribution is 0.0898. The Labute approximate surface area is 108 Å². The molecule has 1 aromatic rings. The van der Waals surface area contributed by atoms with E-state index in [4.69, 9.17) is 4.42 Å². The third kappa shape index (κ3) is 2.09. The lowest BCUT2D eigenvalue weighted by Crippen LogP contribution is -2.27. The second-order valence-corrected chi connectivity index (χ2v) is 5.79. The Morgan fingerprint density at radius 3 is 2.61 bits per heavy atom. The van der Waals surface area contributed by atoms with Crippen LogP contribution in [-0.4, -0.2) is 5.78 Å². The minimum absolute atomic E-state index is 0.00933. The Morgan fingerprint density at radius 1 is 1.17 bits per heavy atom. The van der Waals surface area contributed by atoms with E-state index in [-0.39, 0.29) is 11.2 Å². The average Bonchev–Trinajstić information content (AvgIpc) is 2.80. The SMILES string of the molecule is CC1(C)CC(=O)c2cc([C]3[CH][CH][CH][CH]3)c[o+]c2C1. The lowest BCUT2D eigenvalue weighted by atomic mass is 9.76. The molecule has 1 saturated carbocycles. The molecule has 0 spiro atoms. The number of rotatable bonds is 1. The van der Waals surface area contributed by atoms with Crippen LogP contribution in [0.15, 0.2) is 16.7 Å². The van der Waals surface area contributed by atoms with E-state index < -0.39 is 0 Å². The summed E-state index contributed by atoms with van der Waals surface area (Å²) in [4.78, 5) is 12.2. The molecule has 2 aliphatic carbocycles. The maximum Gasteiger partial charge on any atom is 0.340 e. The van der Waals surface area contributed by atoms with E-state index in [0.29, 0.717) is 6.42 Å². The van der Waals surface area contributed by atoms with Crippen LogP contribution in [0, 0.1) is 37.0 Å². The van der Waals surface area contributed by atoms with Gasteiger partial charge in [0.05, 0.1) is 12.0 Å². The van der Waals surface area contributed by atoms with Crippen LogP contribution in [0.25, 0.3) is 0 Å². The van der Waals surface area contributed by atoms with Gasteiger partial charge in [0.2, 0.25) is 0 Å². The first-order valence-electron chi connectivity index (χ1n) is 6.25. The highest BCUT2D eigenvalue weighted by Crippen LogP contribution is 2.37. The number of fused-ring (bicyclic) bond motifs is 1. The summed E-state index contributed by atoms with van der Waals surface area (Å²) in [6.45, 7) is 4.21. The normalized spacial score (nSPS) is 23.1. The molecular formula is C16H16O2+. The summed E-state index contributed by atoms with van der Waals surface area (Å²) < 4.78 is 5.69. The molecule has 0 amide bonds. The second kappa shape index (κ2) is 4.18. The van der Waals surface area contributed by atoms with Gasteiger partial charge in [0.15, 0.2) is 5.78 Å². The molecule has 0 bridgehead atoms. The zero-order valence-corrected chi connectivity index (χ0v) is 10.7. The summed E-state index contributed by atoms with van der Waals surface area (Å²) in [5.41, 5.74) is 1.75. The van der Waals surface area contributed by atoms with Crippen molar-refractivity contribution in [3.63, 3.8) is 0 Å². The van der Waals surface area contributed by atoms with E-state index in [0.717, 1.165) is 29.2 Å². The van der Waals surface area contributed by atoms with Crippen LogP contribution in [-0.2, 0) is 6.42 Å². The molecule has 0 aromatic carbocycles. The first-order chi connectivity index (χ1) is 8.55. The van der Waals surface area contributed by atoms with Crippen molar-refractivity contribution in [2.45, 2.75) is 26.7 Å². The van der Waals surface area contributed by atoms with Gasteiger partial charge in [-0.15, -0.1) is 0 Å². The van der Waals surface area contributed by atoms with Crippen molar-refractivity contribution in [3.05, 3.63) is 60.8 Å². The number of hydrogen-bond acceptors (Lipinski definition) is 1. The molecule has 1 heterocycles. The van der Waals surface area contributed by atoms with Crippen LogP contribution in [0.2, 0.25) is 0 Å². The van der Waals surface area contributed by atoms with Crippen molar-refractivity contribution < 1.29 is 9.21 Å². The first kappa shape index (κ1) is 11.9. The molecule has 1 aromatic heterocycles. The molecule has 91 valence electrons. The minimum atomic E-state index is 0.00933. The number of ketones is 1. The van der Waals surface area contributed by atoms with Crippen molar-refractivity contribution in [1.82, 2.24) is 0 Å². The highest BCUT2D eigenvalue weighted by atomic mass is 16.3. The molecular weight excluding hydrogens is 224 g/mol. The molecule has 5 radical (unpaired) electrons. The Hall–Kier alpha value is -1.18. The maximum atomic E-state index is 12.2. The van der Waals surface area contributed by atoms with Crippen LogP contribution in [0.5, 0.6) is 0 Å². The summed E-state index contributed by atoms with van der Waals surface area (Å²) in [6, 6.07) is 1.96. The number of carbonyl (C=O) groups is 1. The Bertz CT molecular complexity index is 482. The number of hydrogen-bond donors (Lipinski definition) is 0. The average molecular weight is 240 g/mol. The monoisotopic (exact) mass is 240 g/mol. The Balaban J connectivity index is 1.96. The highest BCUT2D eigenvalue weighted by molar-refractivity contribution is 5.98. The molecule has 0 aliphatic heterocycles. The minimum Gasteiger partial charge on any atom is -0.294 e. The predicted octanol–water partition coefficient (Wildman–Crippen LogP) is 3.47. The van der Waals surface area contributed by atoms with E-state index in [2.05, 4.69) is 13.8 Å². The van der Waals surface area contributed by atoms with Crippen LogP contribution >= 0.6 is 0 Å². The molecule has 2 nitrogen and oxygen atoms in total. The summed E-state index contributed by atoms with van der Waals surface area (Å²) >= 11 is 0. The van der Waals surface area contributed by atoms with Crippen LogP contribution < -0.4 is 0 Å². The van der Waals surface area contributed by atoms with Gasteiger partial charge in [0.25, 0.3) is 0 Å². The molecule has 2 aliphatic rings. The quantitative estimate of drug-likeness (QED) is 0.703. The van der Waals surface area contributed by atoms with Crippen molar-refractivity contribution in [3.8, 4) is 0 Å².